The molecule has 0 radical (unpaired) electrons. The predicted octanol–water partition coefficient (Wildman–Crippen LogP) is -1.69. The number of hydrogen-bond acceptors (Lipinski definition) is 16. The van der Waals surface area contributed by atoms with Gasteiger partial charge in [0.15, 0.2) is 23.5 Å². The molecule has 0 bridgehead atoms. The topological polar surface area (TPSA) is 269 Å². The van der Waals surface area contributed by atoms with Crippen LogP contribution in [-0.2, 0) is 14.2 Å². The van der Waals surface area contributed by atoms with Gasteiger partial charge in [-0.25, -0.2) is 0 Å². The van der Waals surface area contributed by atoms with E-state index >= 15 is 0 Å². The van der Waals surface area contributed by atoms with Gasteiger partial charge in [-0.1, -0.05) is 0 Å². The normalized spacial score (nSPS) is 33.0. The first kappa shape index (κ1) is 30.7. The highest BCUT2D eigenvalue weighted by Crippen LogP contribution is 2.39. The highest BCUT2D eigenvalue weighted by molar-refractivity contribution is 5.88. The van der Waals surface area contributed by atoms with Crippen LogP contribution in [-0.4, -0.2) is 119 Å². The van der Waals surface area contributed by atoms with E-state index in [9.17, 15) is 55.9 Å². The summed E-state index contributed by atoms with van der Waals surface area (Å²) in [6.07, 6.45) is -16.2. The number of aliphatic hydroxyl groups is 6. The lowest BCUT2D eigenvalue weighted by Gasteiger charge is -2.42. The molecule has 16 nitrogen and oxygen atoms in total. The van der Waals surface area contributed by atoms with Crippen molar-refractivity contribution < 1.29 is 74.4 Å². The van der Waals surface area contributed by atoms with Gasteiger partial charge in [0, 0.05) is 17.7 Å². The lowest BCUT2D eigenvalue weighted by Crippen LogP contribution is -2.61. The molecule has 0 aliphatic carbocycles. The van der Waals surface area contributed by atoms with Crippen molar-refractivity contribution >= 4 is 11.0 Å². The molecular weight excluding hydrogens is 580 g/mol. The molecule has 10 N–H and O–H groups in total. The van der Waals surface area contributed by atoms with Gasteiger partial charge >= 0.3 is 0 Å². The van der Waals surface area contributed by atoms with Gasteiger partial charge in [0.05, 0.1) is 12.7 Å². The third kappa shape index (κ3) is 5.67. The number of benzene rings is 2. The summed E-state index contributed by atoms with van der Waals surface area (Å²) in [6.45, 7) is 0.818. The Labute approximate surface area is 241 Å². The molecule has 2 saturated heterocycles. The van der Waals surface area contributed by atoms with E-state index in [4.69, 9.17) is 23.4 Å². The molecule has 0 saturated carbocycles. The van der Waals surface area contributed by atoms with E-state index in [0.717, 1.165) is 24.3 Å². The molecule has 2 aromatic carbocycles. The molecule has 234 valence electrons. The molecule has 16 heteroatoms. The van der Waals surface area contributed by atoms with E-state index < -0.39 is 113 Å². The van der Waals surface area contributed by atoms with Crippen molar-refractivity contribution in [2.45, 2.75) is 68.3 Å². The lowest BCUT2D eigenvalue weighted by atomic mass is 9.98. The summed E-state index contributed by atoms with van der Waals surface area (Å²) in [4.78, 5) is 13.6. The first-order chi connectivity index (χ1) is 20.3. The quantitative estimate of drug-likeness (QED) is 0.140. The van der Waals surface area contributed by atoms with Gasteiger partial charge in [0.2, 0.25) is 17.5 Å². The largest absolute Gasteiger partial charge is 0.508 e. The Morgan fingerprint density at radius 3 is 2.12 bits per heavy atom. The average Bonchev–Trinajstić information content (AvgIpc) is 2.96. The Hall–Kier alpha value is -3.71. The zero-order valence-corrected chi connectivity index (χ0v) is 22.3. The fourth-order valence-electron chi connectivity index (χ4n) is 4.84. The Balaban J connectivity index is 1.48. The van der Waals surface area contributed by atoms with Gasteiger partial charge in [0.25, 0.3) is 0 Å². The van der Waals surface area contributed by atoms with E-state index in [2.05, 4.69) is 0 Å². The number of phenolic OH excluding ortho intramolecular Hbond substituents is 4. The second-order valence-electron chi connectivity index (χ2n) is 10.3. The van der Waals surface area contributed by atoms with Gasteiger partial charge in [-0.05, 0) is 25.1 Å². The monoisotopic (exact) mass is 610 g/mol. The summed E-state index contributed by atoms with van der Waals surface area (Å²) in [5.41, 5.74) is -1.35. The van der Waals surface area contributed by atoms with Crippen LogP contribution >= 0.6 is 0 Å². The molecule has 0 unspecified atom stereocenters. The molecule has 10 atom stereocenters. The van der Waals surface area contributed by atoms with Crippen LogP contribution in [0.4, 0.5) is 0 Å². The Morgan fingerprint density at radius 1 is 0.744 bits per heavy atom. The number of rotatable bonds is 6. The molecule has 2 aliphatic heterocycles. The van der Waals surface area contributed by atoms with Crippen LogP contribution in [0.5, 0.6) is 28.7 Å². The number of hydrogen-bond donors (Lipinski definition) is 10. The van der Waals surface area contributed by atoms with Gasteiger partial charge in [-0.3, -0.25) is 4.79 Å². The van der Waals surface area contributed by atoms with Gasteiger partial charge in [0.1, 0.15) is 65.2 Å². The van der Waals surface area contributed by atoms with Crippen molar-refractivity contribution in [2.24, 2.45) is 0 Å². The smallest absolute Gasteiger partial charge is 0.239 e. The molecule has 43 heavy (non-hydrogen) atoms. The van der Waals surface area contributed by atoms with Crippen LogP contribution < -0.4 is 10.2 Å². The third-order valence-corrected chi connectivity index (χ3v) is 7.29. The van der Waals surface area contributed by atoms with Crippen molar-refractivity contribution in [3.8, 4) is 40.1 Å². The highest BCUT2D eigenvalue weighted by atomic mass is 16.7. The third-order valence-electron chi connectivity index (χ3n) is 7.29. The fourth-order valence-corrected chi connectivity index (χ4v) is 4.84. The van der Waals surface area contributed by atoms with Crippen LogP contribution in [0.1, 0.15) is 6.92 Å². The summed E-state index contributed by atoms with van der Waals surface area (Å²) < 4.78 is 27.8. The minimum atomic E-state index is -1.97. The van der Waals surface area contributed by atoms with Crippen molar-refractivity contribution in [1.29, 1.82) is 0 Å². The second-order valence-corrected chi connectivity index (χ2v) is 10.3. The fraction of sp³-hybridized carbons (Fsp3) is 0.444. The van der Waals surface area contributed by atoms with Gasteiger partial charge in [-0.15, -0.1) is 0 Å². The summed E-state index contributed by atoms with van der Waals surface area (Å²) in [5.74, 6) is -3.33. The Morgan fingerprint density at radius 2 is 1.42 bits per heavy atom. The maximum Gasteiger partial charge on any atom is 0.239 e. The van der Waals surface area contributed by atoms with Gasteiger partial charge < -0.3 is 74.4 Å². The average molecular weight is 611 g/mol. The first-order valence-corrected chi connectivity index (χ1v) is 13.0. The van der Waals surface area contributed by atoms with E-state index in [1.807, 2.05) is 0 Å². The molecule has 5 rings (SSSR count). The lowest BCUT2D eigenvalue weighted by molar-refractivity contribution is -0.318. The van der Waals surface area contributed by atoms with E-state index in [1.54, 1.807) is 0 Å². The molecular formula is C27H30O16. The first-order valence-electron chi connectivity index (χ1n) is 13.0. The van der Waals surface area contributed by atoms with Crippen molar-refractivity contribution in [2.75, 3.05) is 6.61 Å². The summed E-state index contributed by atoms with van der Waals surface area (Å²) in [7, 11) is 0. The van der Waals surface area contributed by atoms with Crippen molar-refractivity contribution in [3.05, 3.63) is 40.6 Å². The minimum absolute atomic E-state index is 0.0313. The second kappa shape index (κ2) is 11.8. The van der Waals surface area contributed by atoms with Crippen LogP contribution in [0, 0.1) is 0 Å². The number of fused-ring (bicyclic) bond motifs is 1. The number of aliphatic hydroxyl groups excluding tert-OH is 6. The Bertz CT molecular complexity index is 1540. The number of ether oxygens (including phenoxy) is 4. The number of phenols is 4. The maximum atomic E-state index is 13.6. The van der Waals surface area contributed by atoms with E-state index in [-0.39, 0.29) is 11.1 Å². The Kier molecular flexibility index (Phi) is 8.41. The zero-order valence-electron chi connectivity index (χ0n) is 22.3. The number of aromatic hydroxyl groups is 4. The van der Waals surface area contributed by atoms with E-state index in [0.29, 0.717) is 0 Å². The maximum absolute atomic E-state index is 13.6. The molecule has 3 heterocycles. The summed E-state index contributed by atoms with van der Waals surface area (Å²) in [5, 5.41) is 101. The van der Waals surface area contributed by atoms with Crippen LogP contribution in [0.2, 0.25) is 0 Å². The van der Waals surface area contributed by atoms with Crippen molar-refractivity contribution in [3.63, 3.8) is 0 Å². The molecule has 3 aromatic rings. The standard InChI is InChI=1S/C27H30O16/c1-8-17(32)20(35)22(37)26(40-8)39-7-15-18(33)21(36)23(38)27(42-15)43-25-19(34)16-13(31)5-10(28)6-14(16)41-24(25)9-2-3-11(29)12(30)4-9/h2-6,8,15,17-18,20-23,26-33,35-38H,7H2,1H3/t8-,15+,17+,18+,20-,21-,22-,23+,26-,27-/m1/s1. The van der Waals surface area contributed by atoms with Crippen molar-refractivity contribution in [1.82, 2.24) is 0 Å². The van der Waals surface area contributed by atoms with Crippen LogP contribution in [0.25, 0.3) is 22.3 Å². The molecule has 2 aliphatic rings. The molecule has 0 spiro atoms. The zero-order chi connectivity index (χ0) is 31.3. The molecule has 0 amide bonds. The summed E-state index contributed by atoms with van der Waals surface area (Å²) in [6, 6.07) is 5.24. The molecule has 1 aromatic heterocycles. The SMILES string of the molecule is C[C@H]1O[C@@H](OC[C@@H]2O[C@H](Oc3c(-c4ccc(O)c(O)c4)oc4cc(O)cc(O)c4c3=O)[C@@H](O)[C@H](O)[C@H]2O)[C@H](O)[C@H](O)[C@H]1O. The van der Waals surface area contributed by atoms with E-state index in [1.165, 1.54) is 13.0 Å². The highest BCUT2D eigenvalue weighted by Gasteiger charge is 2.47. The minimum Gasteiger partial charge on any atom is -0.508 e. The van der Waals surface area contributed by atoms with Gasteiger partial charge in [-0.2, -0.15) is 0 Å². The summed E-state index contributed by atoms with van der Waals surface area (Å²) >= 11 is 0. The van der Waals surface area contributed by atoms with Crippen LogP contribution in [0.15, 0.2) is 39.5 Å². The van der Waals surface area contributed by atoms with Crippen LogP contribution in [0.3, 0.4) is 0 Å². The molecule has 2 fully saturated rings. The predicted molar refractivity (Wildman–Crippen MR) is 140 cm³/mol.